The maximum atomic E-state index is 9.34. The highest BCUT2D eigenvalue weighted by atomic mass is 35.5. The Kier molecular flexibility index (Phi) is 4.87. The third kappa shape index (κ3) is 3.65. The molecule has 15 heavy (non-hydrogen) atoms. The van der Waals surface area contributed by atoms with Crippen LogP contribution in [0.2, 0.25) is 5.02 Å². The summed E-state index contributed by atoms with van der Waals surface area (Å²) < 4.78 is 0. The van der Waals surface area contributed by atoms with Crippen molar-refractivity contribution < 1.29 is 5.11 Å². The zero-order valence-electron chi connectivity index (χ0n) is 8.32. The summed E-state index contributed by atoms with van der Waals surface area (Å²) in [5.41, 5.74) is 1.26. The van der Waals surface area contributed by atoms with Gasteiger partial charge in [-0.1, -0.05) is 23.7 Å². The molecule has 1 heterocycles. The number of hydrogen-bond acceptors (Lipinski definition) is 2. The van der Waals surface area contributed by atoms with Crippen molar-refractivity contribution in [2.75, 3.05) is 6.54 Å². The van der Waals surface area contributed by atoms with Crippen LogP contribution >= 0.6 is 24.0 Å². The number of nitrogens with one attached hydrogen (secondary N) is 1. The fraction of sp³-hybridized carbons (Fsp3) is 0.455. The van der Waals surface area contributed by atoms with Crippen molar-refractivity contribution in [3.63, 3.8) is 0 Å². The Morgan fingerprint density at radius 2 is 2.00 bits per heavy atom. The lowest BCUT2D eigenvalue weighted by Crippen LogP contribution is -2.23. The van der Waals surface area contributed by atoms with E-state index in [0.29, 0.717) is 6.04 Å². The summed E-state index contributed by atoms with van der Waals surface area (Å²) in [6.07, 6.45) is 1.64. The van der Waals surface area contributed by atoms with Gasteiger partial charge in [0.15, 0.2) is 0 Å². The molecule has 0 aliphatic carbocycles. The lowest BCUT2D eigenvalue weighted by molar-refractivity contribution is 0.193. The monoisotopic (exact) mass is 247 g/mol. The molecule has 0 radical (unpaired) electrons. The van der Waals surface area contributed by atoms with E-state index in [4.69, 9.17) is 11.6 Å². The average Bonchev–Trinajstić information content (AvgIpc) is 2.56. The van der Waals surface area contributed by atoms with E-state index < -0.39 is 0 Å². The van der Waals surface area contributed by atoms with E-state index in [1.54, 1.807) is 0 Å². The van der Waals surface area contributed by atoms with Gasteiger partial charge < -0.3 is 10.4 Å². The van der Waals surface area contributed by atoms with Crippen molar-refractivity contribution in [2.24, 2.45) is 0 Å². The number of aliphatic hydroxyl groups is 1. The number of rotatable bonds is 2. The van der Waals surface area contributed by atoms with Gasteiger partial charge in [-0.2, -0.15) is 0 Å². The van der Waals surface area contributed by atoms with Gasteiger partial charge in [0.2, 0.25) is 0 Å². The van der Waals surface area contributed by atoms with Gasteiger partial charge in [0.05, 0.1) is 6.10 Å². The summed E-state index contributed by atoms with van der Waals surface area (Å²) in [4.78, 5) is 0. The summed E-state index contributed by atoms with van der Waals surface area (Å²) in [7, 11) is 0. The molecule has 1 aliphatic rings. The van der Waals surface area contributed by atoms with E-state index in [2.05, 4.69) is 5.32 Å². The molecule has 4 heteroatoms. The quantitative estimate of drug-likeness (QED) is 0.839. The molecule has 0 aromatic heterocycles. The SMILES string of the molecule is Cl.O[C@H]1CN[C@@H](Cc2ccc(Cl)cc2)C1. The maximum Gasteiger partial charge on any atom is 0.0679 e. The van der Waals surface area contributed by atoms with Gasteiger partial charge >= 0.3 is 0 Å². The van der Waals surface area contributed by atoms with Gasteiger partial charge in [0.25, 0.3) is 0 Å². The summed E-state index contributed by atoms with van der Waals surface area (Å²) >= 11 is 5.80. The molecule has 84 valence electrons. The van der Waals surface area contributed by atoms with Gasteiger partial charge in [-0.15, -0.1) is 12.4 Å². The highest BCUT2D eigenvalue weighted by Gasteiger charge is 2.21. The molecule has 0 saturated carbocycles. The third-order valence-corrected chi connectivity index (χ3v) is 2.85. The number of β-amino-alcohol motifs (C(OH)–C–C–N with tert-alkyl or cyclic N) is 1. The number of halogens is 2. The third-order valence-electron chi connectivity index (χ3n) is 2.59. The van der Waals surface area contributed by atoms with Crippen LogP contribution in [0.5, 0.6) is 0 Å². The number of benzene rings is 1. The summed E-state index contributed by atoms with van der Waals surface area (Å²) in [6.45, 7) is 0.720. The molecule has 1 aromatic rings. The van der Waals surface area contributed by atoms with Crippen LogP contribution in [0.3, 0.4) is 0 Å². The number of hydrogen-bond donors (Lipinski definition) is 2. The van der Waals surface area contributed by atoms with E-state index in [1.807, 2.05) is 24.3 Å². The molecular formula is C11H15Cl2NO. The fourth-order valence-electron chi connectivity index (χ4n) is 1.86. The van der Waals surface area contributed by atoms with Crippen LogP contribution in [-0.2, 0) is 6.42 Å². The lowest BCUT2D eigenvalue weighted by Gasteiger charge is -2.09. The maximum absolute atomic E-state index is 9.34. The van der Waals surface area contributed by atoms with E-state index in [9.17, 15) is 5.11 Å². The van der Waals surface area contributed by atoms with Crippen molar-refractivity contribution >= 4 is 24.0 Å². The smallest absolute Gasteiger partial charge is 0.0679 e. The van der Waals surface area contributed by atoms with Gasteiger partial charge in [-0.25, -0.2) is 0 Å². The van der Waals surface area contributed by atoms with Crippen LogP contribution in [0.15, 0.2) is 24.3 Å². The molecule has 0 bridgehead atoms. The van der Waals surface area contributed by atoms with Crippen LogP contribution in [0.1, 0.15) is 12.0 Å². The topological polar surface area (TPSA) is 32.3 Å². The molecule has 2 rings (SSSR count). The molecule has 1 saturated heterocycles. The minimum atomic E-state index is -0.174. The standard InChI is InChI=1S/C11H14ClNO.ClH/c12-9-3-1-8(2-4-9)5-10-6-11(14)7-13-10;/h1-4,10-11,13-14H,5-7H2;1H/t10-,11+;/m0./s1. The molecule has 0 spiro atoms. The largest absolute Gasteiger partial charge is 0.392 e. The first-order valence-corrected chi connectivity index (χ1v) is 5.28. The molecule has 0 amide bonds. The Morgan fingerprint density at radius 1 is 1.33 bits per heavy atom. The highest BCUT2D eigenvalue weighted by Crippen LogP contribution is 2.15. The average molecular weight is 248 g/mol. The van der Waals surface area contributed by atoms with Crippen molar-refractivity contribution in [1.29, 1.82) is 0 Å². The van der Waals surface area contributed by atoms with Crippen molar-refractivity contribution in [3.8, 4) is 0 Å². The van der Waals surface area contributed by atoms with E-state index in [0.717, 1.165) is 24.4 Å². The molecule has 2 nitrogen and oxygen atoms in total. The summed E-state index contributed by atoms with van der Waals surface area (Å²) in [6, 6.07) is 8.29. The minimum absolute atomic E-state index is 0. The molecule has 2 atom stereocenters. The van der Waals surface area contributed by atoms with E-state index >= 15 is 0 Å². The lowest BCUT2D eigenvalue weighted by atomic mass is 10.0. The van der Waals surface area contributed by atoms with Gasteiger partial charge in [-0.3, -0.25) is 0 Å². The normalized spacial score (nSPS) is 24.9. The van der Waals surface area contributed by atoms with E-state index in [1.165, 1.54) is 5.56 Å². The molecular weight excluding hydrogens is 233 g/mol. The first-order valence-electron chi connectivity index (χ1n) is 4.90. The van der Waals surface area contributed by atoms with Crippen LogP contribution in [-0.4, -0.2) is 23.8 Å². The van der Waals surface area contributed by atoms with E-state index in [-0.39, 0.29) is 18.5 Å². The minimum Gasteiger partial charge on any atom is -0.392 e. The molecule has 2 N–H and O–H groups in total. The zero-order chi connectivity index (χ0) is 9.97. The van der Waals surface area contributed by atoms with Crippen molar-refractivity contribution in [1.82, 2.24) is 5.32 Å². The van der Waals surface area contributed by atoms with Crippen LogP contribution < -0.4 is 5.32 Å². The summed E-state index contributed by atoms with van der Waals surface area (Å²) in [5, 5.41) is 13.4. The number of aliphatic hydroxyl groups excluding tert-OH is 1. The molecule has 1 aromatic carbocycles. The Hall–Kier alpha value is -0.280. The molecule has 1 aliphatic heterocycles. The first-order chi connectivity index (χ1) is 6.74. The van der Waals surface area contributed by atoms with Crippen molar-refractivity contribution in [2.45, 2.75) is 25.0 Å². The Bertz CT molecular complexity index is 302. The Labute approximate surface area is 101 Å². The van der Waals surface area contributed by atoms with Crippen LogP contribution in [0.25, 0.3) is 0 Å². The second-order valence-corrected chi connectivity index (χ2v) is 4.26. The molecule has 0 unspecified atom stereocenters. The first kappa shape index (κ1) is 12.8. The van der Waals surface area contributed by atoms with Crippen LogP contribution in [0.4, 0.5) is 0 Å². The summed E-state index contributed by atoms with van der Waals surface area (Å²) in [5.74, 6) is 0. The van der Waals surface area contributed by atoms with Gasteiger partial charge in [0, 0.05) is 17.6 Å². The second kappa shape index (κ2) is 5.71. The zero-order valence-corrected chi connectivity index (χ0v) is 9.89. The molecule has 1 fully saturated rings. The Morgan fingerprint density at radius 3 is 2.53 bits per heavy atom. The van der Waals surface area contributed by atoms with Crippen molar-refractivity contribution in [3.05, 3.63) is 34.9 Å². The highest BCUT2D eigenvalue weighted by molar-refractivity contribution is 6.30. The van der Waals surface area contributed by atoms with Crippen LogP contribution in [0, 0.1) is 0 Å². The fourth-order valence-corrected chi connectivity index (χ4v) is 1.98. The predicted octanol–water partition coefficient (Wildman–Crippen LogP) is 2.03. The Balaban J connectivity index is 0.00000112. The second-order valence-electron chi connectivity index (χ2n) is 3.83. The predicted molar refractivity (Wildman–Crippen MR) is 64.8 cm³/mol. The van der Waals surface area contributed by atoms with Gasteiger partial charge in [-0.05, 0) is 30.5 Å². The van der Waals surface area contributed by atoms with Gasteiger partial charge in [0.1, 0.15) is 0 Å².